The maximum Gasteiger partial charge on any atom is 0.290 e. The third-order valence-electron chi connectivity index (χ3n) is 6.13. The molecular weight excluding hydrogens is 458 g/mol. The molecule has 9 nitrogen and oxygen atoms in total. The number of nitrogens with two attached hydrogens (primary N) is 1. The summed E-state index contributed by atoms with van der Waals surface area (Å²) in [5.41, 5.74) is 7.05. The number of ether oxygens (including phenoxy) is 1. The summed E-state index contributed by atoms with van der Waals surface area (Å²) in [6.45, 7) is 3.22. The zero-order chi connectivity index (χ0) is 24.7. The molecule has 3 N–H and O–H groups in total. The van der Waals surface area contributed by atoms with Crippen LogP contribution in [0.4, 0.5) is 14.6 Å². The summed E-state index contributed by atoms with van der Waals surface area (Å²) in [5.74, 6) is -1.63. The number of nitrogens with zero attached hydrogens (tertiary/aromatic N) is 4. The first-order valence-corrected chi connectivity index (χ1v) is 11.0. The van der Waals surface area contributed by atoms with Crippen LogP contribution in [-0.2, 0) is 11.3 Å². The van der Waals surface area contributed by atoms with Gasteiger partial charge in [-0.2, -0.15) is 10.2 Å². The van der Waals surface area contributed by atoms with Crippen LogP contribution in [0.5, 0.6) is 11.5 Å². The molecule has 0 radical (unpaired) electrons. The van der Waals surface area contributed by atoms with Gasteiger partial charge in [-0.1, -0.05) is 6.07 Å². The number of carbonyl (C=O) groups excluding carboxylic acids is 1. The van der Waals surface area contributed by atoms with Crippen LogP contribution in [0, 0.1) is 17.6 Å². The second-order valence-corrected chi connectivity index (χ2v) is 8.49. The Labute approximate surface area is 198 Å². The molecule has 3 heterocycles. The topological polar surface area (TPSA) is 119 Å². The summed E-state index contributed by atoms with van der Waals surface area (Å²) in [7, 11) is 0. The number of likely N-dealkylation sites (tertiary alicyclic amines) is 1. The minimum absolute atomic E-state index is 0.0161. The lowest BCUT2D eigenvalue weighted by Gasteiger charge is -2.14. The molecule has 1 saturated heterocycles. The van der Waals surface area contributed by atoms with E-state index in [9.17, 15) is 18.4 Å². The average Bonchev–Trinajstić information content (AvgIpc) is 3.46. The second-order valence-electron chi connectivity index (χ2n) is 8.49. The molecule has 35 heavy (non-hydrogen) atoms. The number of hydrogen-bond donors (Lipinski definition) is 2. The molecule has 0 aliphatic carbocycles. The molecule has 0 spiro atoms. The van der Waals surface area contributed by atoms with Crippen molar-refractivity contribution in [2.45, 2.75) is 19.9 Å². The zero-order valence-electron chi connectivity index (χ0n) is 18.8. The highest BCUT2D eigenvalue weighted by Crippen LogP contribution is 2.33. The van der Waals surface area contributed by atoms with Gasteiger partial charge in [0.25, 0.3) is 5.56 Å². The van der Waals surface area contributed by atoms with Crippen molar-refractivity contribution in [2.24, 2.45) is 5.92 Å². The second kappa shape index (κ2) is 8.82. The number of aromatic amines is 1. The van der Waals surface area contributed by atoms with E-state index in [-0.39, 0.29) is 23.4 Å². The Morgan fingerprint density at radius 3 is 2.57 bits per heavy atom. The molecule has 1 fully saturated rings. The van der Waals surface area contributed by atoms with Crippen molar-refractivity contribution in [3.63, 3.8) is 0 Å². The van der Waals surface area contributed by atoms with E-state index in [2.05, 4.69) is 15.3 Å². The van der Waals surface area contributed by atoms with Crippen molar-refractivity contribution >= 4 is 22.6 Å². The monoisotopic (exact) mass is 480 g/mol. The first kappa shape index (κ1) is 22.5. The molecule has 0 unspecified atom stereocenters. The lowest BCUT2D eigenvalue weighted by atomic mass is 10.1. The number of halogens is 2. The maximum absolute atomic E-state index is 13.9. The van der Waals surface area contributed by atoms with Gasteiger partial charge in [-0.25, -0.2) is 13.9 Å². The van der Waals surface area contributed by atoms with Crippen LogP contribution in [0.1, 0.15) is 13.3 Å². The Kier molecular flexibility index (Phi) is 5.67. The number of nitrogens with one attached hydrogen (secondary N) is 1. The molecule has 0 bridgehead atoms. The molecule has 2 aromatic carbocycles. The minimum atomic E-state index is -0.813. The van der Waals surface area contributed by atoms with E-state index in [1.807, 2.05) is 0 Å². The number of aromatic nitrogens is 4. The fraction of sp³-hybridized carbons (Fsp3) is 0.250. The van der Waals surface area contributed by atoms with E-state index >= 15 is 0 Å². The number of hydrogen-bond acceptors (Lipinski definition) is 6. The van der Waals surface area contributed by atoms with Gasteiger partial charge >= 0.3 is 0 Å². The molecule has 180 valence electrons. The Balaban J connectivity index is 1.49. The van der Waals surface area contributed by atoms with Crippen molar-refractivity contribution in [1.82, 2.24) is 24.9 Å². The van der Waals surface area contributed by atoms with Crippen molar-refractivity contribution in [1.29, 1.82) is 0 Å². The SMILES string of the molecule is CC(=O)N1CC[C@@H](Cn2nc(-c3ccc(Oc4c(F)cccc4F)cc3)c3c(N)n[nH]c(=O)c32)C1. The molecular formula is C24H22F2N6O3. The number of benzene rings is 2. The first-order chi connectivity index (χ1) is 16.8. The normalized spacial score (nSPS) is 15.6. The summed E-state index contributed by atoms with van der Waals surface area (Å²) >= 11 is 0. The molecule has 1 aliphatic heterocycles. The minimum Gasteiger partial charge on any atom is -0.451 e. The number of amides is 1. The van der Waals surface area contributed by atoms with Crippen molar-refractivity contribution in [3.05, 3.63) is 64.5 Å². The Morgan fingerprint density at radius 1 is 1.20 bits per heavy atom. The number of nitrogen functional groups attached to an aromatic ring is 1. The smallest absolute Gasteiger partial charge is 0.290 e. The predicted molar refractivity (Wildman–Crippen MR) is 125 cm³/mol. The van der Waals surface area contributed by atoms with Gasteiger partial charge in [0.05, 0.1) is 5.39 Å². The fourth-order valence-corrected chi connectivity index (χ4v) is 4.38. The van der Waals surface area contributed by atoms with Crippen molar-refractivity contribution < 1.29 is 18.3 Å². The Morgan fingerprint density at radius 2 is 1.91 bits per heavy atom. The molecule has 0 saturated carbocycles. The van der Waals surface area contributed by atoms with Gasteiger partial charge in [0.2, 0.25) is 5.91 Å². The highest BCUT2D eigenvalue weighted by atomic mass is 19.1. The predicted octanol–water partition coefficient (Wildman–Crippen LogP) is 3.31. The number of anilines is 1. The number of para-hydroxylation sites is 1. The van der Waals surface area contributed by atoms with Crippen LogP contribution in [0.25, 0.3) is 22.2 Å². The summed E-state index contributed by atoms with van der Waals surface area (Å²) in [6, 6.07) is 9.89. The van der Waals surface area contributed by atoms with E-state index < -0.39 is 22.9 Å². The third kappa shape index (κ3) is 4.20. The molecule has 5 rings (SSSR count). The van der Waals surface area contributed by atoms with Crippen LogP contribution >= 0.6 is 0 Å². The van der Waals surface area contributed by atoms with E-state index in [0.29, 0.717) is 41.8 Å². The molecule has 1 aliphatic rings. The van der Waals surface area contributed by atoms with Crippen LogP contribution in [0.15, 0.2) is 47.3 Å². The van der Waals surface area contributed by atoms with E-state index in [1.165, 1.54) is 13.0 Å². The number of fused-ring (bicyclic) bond motifs is 1. The highest BCUT2D eigenvalue weighted by molar-refractivity contribution is 5.99. The van der Waals surface area contributed by atoms with E-state index in [0.717, 1.165) is 18.6 Å². The number of carbonyl (C=O) groups is 1. The lowest BCUT2D eigenvalue weighted by molar-refractivity contribution is -0.127. The van der Waals surface area contributed by atoms with Crippen LogP contribution in [0.3, 0.4) is 0 Å². The average molecular weight is 480 g/mol. The fourth-order valence-electron chi connectivity index (χ4n) is 4.38. The third-order valence-corrected chi connectivity index (χ3v) is 6.13. The number of H-pyrrole nitrogens is 1. The van der Waals surface area contributed by atoms with Gasteiger partial charge in [-0.15, -0.1) is 0 Å². The largest absolute Gasteiger partial charge is 0.451 e. The summed E-state index contributed by atoms with van der Waals surface area (Å²) < 4.78 is 34.8. The van der Waals surface area contributed by atoms with Crippen LogP contribution in [-0.4, -0.2) is 43.9 Å². The van der Waals surface area contributed by atoms with Crippen LogP contribution in [0.2, 0.25) is 0 Å². The quantitative estimate of drug-likeness (QED) is 0.452. The van der Waals surface area contributed by atoms with E-state index in [1.54, 1.807) is 33.8 Å². The molecule has 4 aromatic rings. The molecule has 11 heteroatoms. The van der Waals surface area contributed by atoms with Crippen LogP contribution < -0.4 is 16.0 Å². The maximum atomic E-state index is 13.9. The van der Waals surface area contributed by atoms with Gasteiger partial charge in [0.15, 0.2) is 23.2 Å². The summed E-state index contributed by atoms with van der Waals surface area (Å²) in [4.78, 5) is 26.1. The molecule has 2 aromatic heterocycles. The Bertz CT molecular complexity index is 1460. The van der Waals surface area contributed by atoms with E-state index in [4.69, 9.17) is 10.5 Å². The van der Waals surface area contributed by atoms with Gasteiger partial charge in [0, 0.05) is 32.1 Å². The van der Waals surface area contributed by atoms with Crippen molar-refractivity contribution in [2.75, 3.05) is 18.8 Å². The Hall–Kier alpha value is -4.28. The molecule has 1 atom stereocenters. The summed E-state index contributed by atoms with van der Waals surface area (Å²) in [5, 5.41) is 11.4. The van der Waals surface area contributed by atoms with Crippen molar-refractivity contribution in [3.8, 4) is 22.8 Å². The highest BCUT2D eigenvalue weighted by Gasteiger charge is 2.27. The van der Waals surface area contributed by atoms with Gasteiger partial charge in [-0.05, 0) is 48.7 Å². The van der Waals surface area contributed by atoms with Gasteiger partial charge in [0.1, 0.15) is 17.0 Å². The standard InChI is InChI=1S/C24H22F2N6O3/c1-13(33)31-10-9-14(11-31)12-32-21-19(23(27)28-29-24(21)34)20(30-32)15-5-7-16(8-6-15)35-22-17(25)3-2-4-18(22)26/h2-8,14H,9-12H2,1H3,(H2,27,28)(H,29,34)/t14-/m1/s1. The first-order valence-electron chi connectivity index (χ1n) is 11.0. The van der Waals surface area contributed by atoms with Gasteiger partial charge < -0.3 is 15.4 Å². The lowest BCUT2D eigenvalue weighted by Crippen LogP contribution is -2.27. The number of rotatable bonds is 5. The molecule has 1 amide bonds. The summed E-state index contributed by atoms with van der Waals surface area (Å²) in [6.07, 6.45) is 0.799. The zero-order valence-corrected chi connectivity index (χ0v) is 18.8. The van der Waals surface area contributed by atoms with Gasteiger partial charge in [-0.3, -0.25) is 14.3 Å².